The van der Waals surface area contributed by atoms with Gasteiger partial charge in [0.15, 0.2) is 0 Å². The van der Waals surface area contributed by atoms with Crippen LogP contribution < -0.4 is 11.1 Å². The number of unbranched alkanes of at least 4 members (excludes halogenated alkanes) is 3. The summed E-state index contributed by atoms with van der Waals surface area (Å²) in [6.07, 6.45) is 4.11. The van der Waals surface area contributed by atoms with Crippen molar-refractivity contribution in [1.29, 1.82) is 0 Å². The summed E-state index contributed by atoms with van der Waals surface area (Å²) in [6.45, 7) is 6.07. The first-order chi connectivity index (χ1) is 8.29. The molecule has 0 saturated carbocycles. The molecule has 1 amide bonds. The standard InChI is InChI=1S/C13H26N2O3/c1-13(2,3)11(12(17)18)15-10(16)8-6-4-5-7-9-14/h11H,4-9,14H2,1-3H3,(H,15,16)(H,17,18). The lowest BCUT2D eigenvalue weighted by Gasteiger charge is -2.27. The van der Waals surface area contributed by atoms with E-state index in [4.69, 9.17) is 10.8 Å². The van der Waals surface area contributed by atoms with Crippen LogP contribution in [0.4, 0.5) is 0 Å². The summed E-state index contributed by atoms with van der Waals surface area (Å²) in [6, 6.07) is -0.839. The number of hydrogen-bond acceptors (Lipinski definition) is 3. The summed E-state index contributed by atoms with van der Waals surface area (Å²) < 4.78 is 0. The molecule has 1 unspecified atom stereocenters. The Bertz CT molecular complexity index is 272. The molecule has 0 aromatic heterocycles. The Hall–Kier alpha value is -1.10. The van der Waals surface area contributed by atoms with Crippen LogP contribution in [0.25, 0.3) is 0 Å². The molecule has 5 heteroatoms. The fourth-order valence-electron chi connectivity index (χ4n) is 1.67. The van der Waals surface area contributed by atoms with E-state index < -0.39 is 17.4 Å². The first-order valence-corrected chi connectivity index (χ1v) is 6.51. The zero-order valence-corrected chi connectivity index (χ0v) is 11.7. The highest BCUT2D eigenvalue weighted by molar-refractivity contribution is 5.84. The summed E-state index contributed by atoms with van der Waals surface area (Å²) in [4.78, 5) is 22.7. The molecule has 0 radical (unpaired) electrons. The van der Waals surface area contributed by atoms with Crippen molar-refractivity contribution in [2.24, 2.45) is 11.1 Å². The number of rotatable bonds is 8. The third-order valence-electron chi connectivity index (χ3n) is 2.78. The van der Waals surface area contributed by atoms with Crippen LogP contribution in [-0.4, -0.2) is 29.6 Å². The molecule has 0 aromatic rings. The zero-order chi connectivity index (χ0) is 14.2. The molecule has 106 valence electrons. The molecular formula is C13H26N2O3. The maximum Gasteiger partial charge on any atom is 0.326 e. The van der Waals surface area contributed by atoms with E-state index in [0.29, 0.717) is 13.0 Å². The number of amides is 1. The Kier molecular flexibility index (Phi) is 7.59. The molecule has 0 aliphatic heterocycles. The van der Waals surface area contributed by atoms with Crippen LogP contribution in [0, 0.1) is 5.41 Å². The lowest BCUT2D eigenvalue weighted by Crippen LogP contribution is -2.49. The minimum absolute atomic E-state index is 0.190. The van der Waals surface area contributed by atoms with Crippen LogP contribution in [0.2, 0.25) is 0 Å². The van der Waals surface area contributed by atoms with E-state index in [2.05, 4.69) is 5.32 Å². The maximum absolute atomic E-state index is 11.6. The highest BCUT2D eigenvalue weighted by atomic mass is 16.4. The minimum atomic E-state index is -0.987. The summed E-state index contributed by atoms with van der Waals surface area (Å²) in [5.74, 6) is -1.18. The molecule has 0 fully saturated rings. The molecule has 0 aliphatic rings. The lowest BCUT2D eigenvalue weighted by molar-refractivity contribution is -0.144. The van der Waals surface area contributed by atoms with Crippen LogP contribution in [-0.2, 0) is 9.59 Å². The molecule has 18 heavy (non-hydrogen) atoms. The largest absolute Gasteiger partial charge is 0.480 e. The molecule has 0 saturated heterocycles. The van der Waals surface area contributed by atoms with E-state index in [0.717, 1.165) is 25.7 Å². The molecule has 0 rings (SSSR count). The monoisotopic (exact) mass is 258 g/mol. The molecule has 0 heterocycles. The third kappa shape index (κ3) is 7.27. The molecule has 1 atom stereocenters. The van der Waals surface area contributed by atoms with Gasteiger partial charge < -0.3 is 16.2 Å². The van der Waals surface area contributed by atoms with E-state index in [9.17, 15) is 9.59 Å². The molecule has 4 N–H and O–H groups in total. The Labute approximate surface area is 109 Å². The van der Waals surface area contributed by atoms with Crippen molar-refractivity contribution in [3.05, 3.63) is 0 Å². The Morgan fingerprint density at radius 1 is 1.17 bits per heavy atom. The predicted octanol–water partition coefficient (Wildman–Crippen LogP) is 1.51. The summed E-state index contributed by atoms with van der Waals surface area (Å²) in [5, 5.41) is 11.7. The van der Waals surface area contributed by atoms with Gasteiger partial charge in [0.2, 0.25) is 5.91 Å². The quantitative estimate of drug-likeness (QED) is 0.575. The number of aliphatic carboxylic acids is 1. The van der Waals surface area contributed by atoms with E-state index in [-0.39, 0.29) is 5.91 Å². The SMILES string of the molecule is CC(C)(C)C(NC(=O)CCCCCCN)C(=O)O. The van der Waals surface area contributed by atoms with Crippen molar-refractivity contribution in [3.8, 4) is 0 Å². The van der Waals surface area contributed by atoms with Crippen molar-refractivity contribution in [1.82, 2.24) is 5.32 Å². The molecule has 0 aliphatic carbocycles. The lowest BCUT2D eigenvalue weighted by atomic mass is 9.86. The number of carboxylic acids is 1. The molecule has 5 nitrogen and oxygen atoms in total. The average Bonchev–Trinajstić information content (AvgIpc) is 2.23. The number of carbonyl (C=O) groups is 2. The van der Waals surface area contributed by atoms with E-state index in [1.54, 1.807) is 20.8 Å². The van der Waals surface area contributed by atoms with Gasteiger partial charge in [0.25, 0.3) is 0 Å². The summed E-state index contributed by atoms with van der Waals surface area (Å²) in [7, 11) is 0. The van der Waals surface area contributed by atoms with Crippen molar-refractivity contribution >= 4 is 11.9 Å². The van der Waals surface area contributed by atoms with Gasteiger partial charge in [0, 0.05) is 6.42 Å². The van der Waals surface area contributed by atoms with Crippen molar-refractivity contribution < 1.29 is 14.7 Å². The number of nitrogens with two attached hydrogens (primary N) is 1. The van der Waals surface area contributed by atoms with Gasteiger partial charge in [0.1, 0.15) is 6.04 Å². The van der Waals surface area contributed by atoms with Crippen LogP contribution in [0.3, 0.4) is 0 Å². The Balaban J connectivity index is 4.01. The van der Waals surface area contributed by atoms with E-state index in [1.807, 2.05) is 0 Å². The number of nitrogens with one attached hydrogen (secondary N) is 1. The van der Waals surface area contributed by atoms with Crippen LogP contribution in [0.15, 0.2) is 0 Å². The predicted molar refractivity (Wildman–Crippen MR) is 71.2 cm³/mol. The third-order valence-corrected chi connectivity index (χ3v) is 2.78. The zero-order valence-electron chi connectivity index (χ0n) is 11.7. The van der Waals surface area contributed by atoms with Crippen LogP contribution in [0.5, 0.6) is 0 Å². The van der Waals surface area contributed by atoms with Gasteiger partial charge in [-0.15, -0.1) is 0 Å². The molecule has 0 spiro atoms. The molecular weight excluding hydrogens is 232 g/mol. The number of carboxylic acid groups (broad SMARTS) is 1. The normalized spacial score (nSPS) is 13.1. The van der Waals surface area contributed by atoms with Crippen LogP contribution >= 0.6 is 0 Å². The van der Waals surface area contributed by atoms with Crippen molar-refractivity contribution in [3.63, 3.8) is 0 Å². The number of hydrogen-bond donors (Lipinski definition) is 3. The summed E-state index contributed by atoms with van der Waals surface area (Å²) in [5.41, 5.74) is 4.89. The maximum atomic E-state index is 11.6. The fourth-order valence-corrected chi connectivity index (χ4v) is 1.67. The average molecular weight is 258 g/mol. The van der Waals surface area contributed by atoms with Gasteiger partial charge in [-0.25, -0.2) is 4.79 Å². The van der Waals surface area contributed by atoms with Gasteiger partial charge in [-0.1, -0.05) is 33.6 Å². The number of carbonyl (C=O) groups excluding carboxylic acids is 1. The highest BCUT2D eigenvalue weighted by Gasteiger charge is 2.32. The fraction of sp³-hybridized carbons (Fsp3) is 0.846. The van der Waals surface area contributed by atoms with Crippen molar-refractivity contribution in [2.45, 2.75) is 58.9 Å². The summed E-state index contributed by atoms with van der Waals surface area (Å²) >= 11 is 0. The van der Waals surface area contributed by atoms with E-state index >= 15 is 0 Å². The van der Waals surface area contributed by atoms with Crippen LogP contribution in [0.1, 0.15) is 52.9 Å². The minimum Gasteiger partial charge on any atom is -0.480 e. The van der Waals surface area contributed by atoms with Crippen molar-refractivity contribution in [2.75, 3.05) is 6.54 Å². The van der Waals surface area contributed by atoms with Gasteiger partial charge >= 0.3 is 5.97 Å². The van der Waals surface area contributed by atoms with E-state index in [1.165, 1.54) is 0 Å². The van der Waals surface area contributed by atoms with Gasteiger partial charge in [-0.05, 0) is 24.8 Å². The first-order valence-electron chi connectivity index (χ1n) is 6.51. The Morgan fingerprint density at radius 3 is 2.17 bits per heavy atom. The molecule has 0 bridgehead atoms. The topological polar surface area (TPSA) is 92.4 Å². The Morgan fingerprint density at radius 2 is 1.72 bits per heavy atom. The van der Waals surface area contributed by atoms with Gasteiger partial charge in [-0.2, -0.15) is 0 Å². The smallest absolute Gasteiger partial charge is 0.326 e. The second-order valence-electron chi connectivity index (χ2n) is 5.66. The second-order valence-corrected chi connectivity index (χ2v) is 5.66. The highest BCUT2D eigenvalue weighted by Crippen LogP contribution is 2.19. The van der Waals surface area contributed by atoms with Gasteiger partial charge in [0.05, 0.1) is 0 Å². The first kappa shape index (κ1) is 16.9. The second kappa shape index (κ2) is 8.08. The molecule has 0 aromatic carbocycles. The van der Waals surface area contributed by atoms with Gasteiger partial charge in [-0.3, -0.25) is 4.79 Å².